The number of anilines is 1. The smallest absolute Gasteiger partial charge is 0.319 e. The van der Waals surface area contributed by atoms with Crippen LogP contribution in [0, 0.1) is 12.8 Å². The standard InChI is InChI=1S/C19H26N4O2/c1-14-10-20-23(11-14)12-15-6-8-17(9-7-15)21-19(25)22-18-5-3-2-4-16(18)13-24/h6-11,16,18,24H,2-5,12-13H2,1H3,(H2,21,22,25)/t16-,18-/m0/s1. The topological polar surface area (TPSA) is 79.2 Å². The molecule has 1 aliphatic rings. The second kappa shape index (κ2) is 8.16. The first-order chi connectivity index (χ1) is 12.1. The third-order valence-electron chi connectivity index (χ3n) is 4.78. The van der Waals surface area contributed by atoms with E-state index < -0.39 is 0 Å². The Balaban J connectivity index is 1.53. The van der Waals surface area contributed by atoms with E-state index in [1.165, 1.54) is 0 Å². The Bertz CT molecular complexity index is 696. The van der Waals surface area contributed by atoms with Crippen molar-refractivity contribution in [2.24, 2.45) is 5.92 Å². The Morgan fingerprint density at radius 3 is 2.72 bits per heavy atom. The van der Waals surface area contributed by atoms with Crippen LogP contribution in [0.15, 0.2) is 36.7 Å². The van der Waals surface area contributed by atoms with Gasteiger partial charge >= 0.3 is 6.03 Å². The summed E-state index contributed by atoms with van der Waals surface area (Å²) in [5.74, 6) is 0.166. The molecule has 0 radical (unpaired) electrons. The van der Waals surface area contributed by atoms with Crippen LogP contribution in [0.3, 0.4) is 0 Å². The summed E-state index contributed by atoms with van der Waals surface area (Å²) in [5.41, 5.74) is 3.02. The van der Waals surface area contributed by atoms with Crippen LogP contribution in [0.2, 0.25) is 0 Å². The maximum absolute atomic E-state index is 12.2. The number of carbonyl (C=O) groups excluding carboxylic acids is 1. The van der Waals surface area contributed by atoms with Crippen molar-refractivity contribution in [3.63, 3.8) is 0 Å². The molecule has 2 atom stereocenters. The third-order valence-corrected chi connectivity index (χ3v) is 4.78. The van der Waals surface area contributed by atoms with Crippen LogP contribution in [0.1, 0.15) is 36.8 Å². The molecule has 2 amide bonds. The van der Waals surface area contributed by atoms with Gasteiger partial charge in [0.1, 0.15) is 0 Å². The van der Waals surface area contributed by atoms with Gasteiger partial charge in [-0.05, 0) is 43.0 Å². The fraction of sp³-hybridized carbons (Fsp3) is 0.474. The van der Waals surface area contributed by atoms with Gasteiger partial charge in [-0.25, -0.2) is 4.79 Å². The number of benzene rings is 1. The number of aromatic nitrogens is 2. The van der Waals surface area contributed by atoms with Gasteiger partial charge in [-0.3, -0.25) is 4.68 Å². The first-order valence-corrected chi connectivity index (χ1v) is 8.90. The minimum atomic E-state index is -0.208. The molecule has 6 nitrogen and oxygen atoms in total. The molecule has 2 aromatic rings. The van der Waals surface area contributed by atoms with Crippen LogP contribution >= 0.6 is 0 Å². The van der Waals surface area contributed by atoms with Crippen LogP contribution in [-0.2, 0) is 6.54 Å². The van der Waals surface area contributed by atoms with Crippen molar-refractivity contribution in [3.8, 4) is 0 Å². The van der Waals surface area contributed by atoms with Crippen LogP contribution in [0.4, 0.5) is 10.5 Å². The van der Waals surface area contributed by atoms with Crippen LogP contribution in [0.25, 0.3) is 0 Å². The molecule has 1 fully saturated rings. The van der Waals surface area contributed by atoms with Gasteiger partial charge < -0.3 is 15.7 Å². The molecule has 0 aliphatic heterocycles. The lowest BCUT2D eigenvalue weighted by atomic mass is 9.85. The van der Waals surface area contributed by atoms with E-state index in [1.807, 2.05) is 48.3 Å². The summed E-state index contributed by atoms with van der Waals surface area (Å²) < 4.78 is 1.89. The summed E-state index contributed by atoms with van der Waals surface area (Å²) in [6.07, 6.45) is 7.97. The highest BCUT2D eigenvalue weighted by Gasteiger charge is 2.25. The van der Waals surface area contributed by atoms with Crippen molar-refractivity contribution < 1.29 is 9.90 Å². The number of aryl methyl sites for hydroxylation is 1. The van der Waals surface area contributed by atoms with Crippen LogP contribution in [-0.4, -0.2) is 33.6 Å². The molecular formula is C19H26N4O2. The number of nitrogens with zero attached hydrogens (tertiary/aromatic N) is 2. The van der Waals surface area contributed by atoms with Gasteiger partial charge in [0.25, 0.3) is 0 Å². The van der Waals surface area contributed by atoms with E-state index >= 15 is 0 Å². The Morgan fingerprint density at radius 2 is 2.04 bits per heavy atom. The van der Waals surface area contributed by atoms with Gasteiger partial charge in [0.05, 0.1) is 12.7 Å². The first-order valence-electron chi connectivity index (χ1n) is 8.90. The molecular weight excluding hydrogens is 316 g/mol. The number of amides is 2. The number of aliphatic hydroxyl groups excluding tert-OH is 1. The Kier molecular flexibility index (Phi) is 5.71. The van der Waals surface area contributed by atoms with Gasteiger partial charge in [0, 0.05) is 30.5 Å². The SMILES string of the molecule is Cc1cnn(Cc2ccc(NC(=O)N[C@H]3CCCC[C@H]3CO)cc2)c1. The third kappa shape index (κ3) is 4.82. The second-order valence-electron chi connectivity index (χ2n) is 6.84. The van der Waals surface area contributed by atoms with E-state index in [2.05, 4.69) is 15.7 Å². The Hall–Kier alpha value is -2.34. The van der Waals surface area contributed by atoms with Crippen LogP contribution in [0.5, 0.6) is 0 Å². The van der Waals surface area contributed by atoms with Crippen molar-refractivity contribution in [3.05, 3.63) is 47.8 Å². The lowest BCUT2D eigenvalue weighted by molar-refractivity contribution is 0.156. The number of hydrogen-bond acceptors (Lipinski definition) is 3. The van der Waals surface area contributed by atoms with Crippen molar-refractivity contribution in [2.75, 3.05) is 11.9 Å². The predicted molar refractivity (Wildman–Crippen MR) is 97.5 cm³/mol. The van der Waals surface area contributed by atoms with Gasteiger partial charge in [0.15, 0.2) is 0 Å². The number of rotatable bonds is 5. The van der Waals surface area contributed by atoms with Crippen molar-refractivity contribution >= 4 is 11.7 Å². The first kappa shape index (κ1) is 17.5. The normalized spacial score (nSPS) is 20.2. The molecule has 1 saturated carbocycles. The number of urea groups is 1. The molecule has 134 valence electrons. The quantitative estimate of drug-likeness (QED) is 0.782. The molecule has 0 bridgehead atoms. The van der Waals surface area contributed by atoms with Crippen LogP contribution < -0.4 is 10.6 Å². The predicted octanol–water partition coefficient (Wildman–Crippen LogP) is 2.91. The summed E-state index contributed by atoms with van der Waals surface area (Å²) in [5, 5.41) is 19.6. The number of nitrogens with one attached hydrogen (secondary N) is 2. The van der Waals surface area contributed by atoms with Crippen molar-refractivity contribution in [1.29, 1.82) is 0 Å². The average molecular weight is 342 g/mol. The number of aliphatic hydroxyl groups is 1. The molecule has 1 aromatic heterocycles. The van der Waals surface area contributed by atoms with E-state index in [1.54, 1.807) is 0 Å². The van der Waals surface area contributed by atoms with Gasteiger partial charge in [-0.15, -0.1) is 0 Å². The minimum Gasteiger partial charge on any atom is -0.396 e. The molecule has 0 unspecified atom stereocenters. The average Bonchev–Trinajstić information content (AvgIpc) is 3.02. The fourth-order valence-electron chi connectivity index (χ4n) is 3.39. The van der Waals surface area contributed by atoms with Crippen molar-refractivity contribution in [1.82, 2.24) is 15.1 Å². The molecule has 1 heterocycles. The summed E-state index contributed by atoms with van der Waals surface area (Å²) in [6, 6.07) is 7.63. The van der Waals surface area contributed by atoms with Crippen molar-refractivity contribution in [2.45, 2.75) is 45.2 Å². The molecule has 1 aromatic carbocycles. The van der Waals surface area contributed by atoms with E-state index in [9.17, 15) is 9.90 Å². The highest BCUT2D eigenvalue weighted by atomic mass is 16.3. The van der Waals surface area contributed by atoms with E-state index in [0.29, 0.717) is 6.54 Å². The monoisotopic (exact) mass is 342 g/mol. The molecule has 3 rings (SSSR count). The zero-order valence-electron chi connectivity index (χ0n) is 14.6. The lowest BCUT2D eigenvalue weighted by Crippen LogP contribution is -2.45. The van der Waals surface area contributed by atoms with E-state index in [0.717, 1.165) is 42.5 Å². The van der Waals surface area contributed by atoms with Gasteiger partial charge in [-0.1, -0.05) is 25.0 Å². The highest BCUT2D eigenvalue weighted by molar-refractivity contribution is 5.89. The summed E-state index contributed by atoms with van der Waals surface area (Å²) in [4.78, 5) is 12.2. The molecule has 6 heteroatoms. The van der Waals surface area contributed by atoms with Gasteiger partial charge in [-0.2, -0.15) is 5.10 Å². The van der Waals surface area contributed by atoms with E-state index in [4.69, 9.17) is 0 Å². The lowest BCUT2D eigenvalue weighted by Gasteiger charge is -2.30. The number of carbonyl (C=O) groups is 1. The fourth-order valence-corrected chi connectivity index (χ4v) is 3.39. The molecule has 0 saturated heterocycles. The molecule has 25 heavy (non-hydrogen) atoms. The van der Waals surface area contributed by atoms with E-state index in [-0.39, 0.29) is 24.6 Å². The summed E-state index contributed by atoms with van der Waals surface area (Å²) in [7, 11) is 0. The summed E-state index contributed by atoms with van der Waals surface area (Å²) in [6.45, 7) is 2.86. The zero-order valence-corrected chi connectivity index (χ0v) is 14.6. The molecule has 3 N–H and O–H groups in total. The van der Waals surface area contributed by atoms with Gasteiger partial charge in [0.2, 0.25) is 0 Å². The molecule has 0 spiro atoms. The number of hydrogen-bond donors (Lipinski definition) is 3. The summed E-state index contributed by atoms with van der Waals surface area (Å²) >= 11 is 0. The highest BCUT2D eigenvalue weighted by Crippen LogP contribution is 2.24. The maximum atomic E-state index is 12.2. The Morgan fingerprint density at radius 1 is 1.28 bits per heavy atom. The second-order valence-corrected chi connectivity index (χ2v) is 6.84. The largest absolute Gasteiger partial charge is 0.396 e. The maximum Gasteiger partial charge on any atom is 0.319 e. The minimum absolute atomic E-state index is 0.0566. The Labute approximate surface area is 148 Å². The zero-order chi connectivity index (χ0) is 17.6. The molecule has 1 aliphatic carbocycles.